The minimum atomic E-state index is -0.812. The van der Waals surface area contributed by atoms with E-state index in [0.717, 1.165) is 77.0 Å². The third-order valence-corrected chi connectivity index (χ3v) is 10.7. The van der Waals surface area contributed by atoms with Crippen molar-refractivity contribution in [3.05, 3.63) is 97.2 Å². The minimum absolute atomic E-state index is 0.105. The Morgan fingerprint density at radius 3 is 1.17 bits per heavy atom. The molecule has 0 aromatic heterocycles. The molecule has 0 N–H and O–H groups in total. The third kappa shape index (κ3) is 49.2. The molecule has 6 nitrogen and oxygen atoms in total. The molecule has 63 heavy (non-hydrogen) atoms. The van der Waals surface area contributed by atoms with Gasteiger partial charge in [0, 0.05) is 19.3 Å². The molecule has 0 fully saturated rings. The van der Waals surface area contributed by atoms with Crippen LogP contribution in [0.5, 0.6) is 0 Å². The molecule has 0 aliphatic carbocycles. The predicted octanol–water partition coefficient (Wildman–Crippen LogP) is 17.0. The molecule has 0 aromatic carbocycles. The molecule has 0 aliphatic heterocycles. The molecule has 6 heteroatoms. The highest BCUT2D eigenvalue weighted by Gasteiger charge is 2.19. The van der Waals surface area contributed by atoms with E-state index in [-0.39, 0.29) is 37.5 Å². The zero-order valence-electron chi connectivity index (χ0n) is 40.8. The second-order valence-electron chi connectivity index (χ2n) is 16.8. The number of hydrogen-bond donors (Lipinski definition) is 0. The Labute approximate surface area is 387 Å². The van der Waals surface area contributed by atoms with Gasteiger partial charge in [0.05, 0.1) is 0 Å². The Morgan fingerprint density at radius 1 is 0.349 bits per heavy atom. The minimum Gasteiger partial charge on any atom is -0.462 e. The van der Waals surface area contributed by atoms with Crippen molar-refractivity contribution < 1.29 is 28.6 Å². The number of hydrogen-bond acceptors (Lipinski definition) is 6. The Bertz CT molecular complexity index is 1280. The Morgan fingerprint density at radius 2 is 0.698 bits per heavy atom. The van der Waals surface area contributed by atoms with Crippen LogP contribution in [0.4, 0.5) is 0 Å². The molecule has 358 valence electrons. The Balaban J connectivity index is 4.40. The summed E-state index contributed by atoms with van der Waals surface area (Å²) in [6.07, 6.45) is 67.0. The van der Waals surface area contributed by atoms with Gasteiger partial charge in [0.2, 0.25) is 0 Å². The Hall–Kier alpha value is -3.67. The first-order chi connectivity index (χ1) is 31.0. The number of esters is 3. The van der Waals surface area contributed by atoms with Crippen molar-refractivity contribution in [2.45, 2.75) is 232 Å². The van der Waals surface area contributed by atoms with E-state index in [1.165, 1.54) is 103 Å². The first kappa shape index (κ1) is 59.3. The van der Waals surface area contributed by atoms with Crippen LogP contribution >= 0.6 is 0 Å². The molecular formula is C57H94O6. The number of carbonyl (C=O) groups is 3. The standard InChI is InChI=1S/C57H94O6/c1-4-7-10-13-16-19-21-23-25-27-28-30-31-33-35-38-41-44-47-50-56(59)62-53-54(52-61-55(58)49-46-43-40-37-18-15-12-9-6-3)63-57(60)51-48-45-42-39-36-34-32-29-26-24-22-20-17-14-11-8-5-2/h8-9,11-12,14,17-18,20,22,24,26,29,32,34,36-37,54H,4-7,10,13,15-16,19,21,23,25,27-28,30-31,33,35,38-53H2,1-3H3/b11-8-,12-9-,17-14-,22-20-,26-24-,32-29+,36-34-,37-18-. The lowest BCUT2D eigenvalue weighted by molar-refractivity contribution is -0.167. The first-order valence-electron chi connectivity index (χ1n) is 25.8. The average molecular weight is 875 g/mol. The maximum absolute atomic E-state index is 12.8. The fourth-order valence-corrected chi connectivity index (χ4v) is 6.92. The van der Waals surface area contributed by atoms with Crippen LogP contribution in [0.15, 0.2) is 97.2 Å². The predicted molar refractivity (Wildman–Crippen MR) is 270 cm³/mol. The lowest BCUT2D eigenvalue weighted by Crippen LogP contribution is -2.30. The van der Waals surface area contributed by atoms with Crippen molar-refractivity contribution in [1.29, 1.82) is 0 Å². The summed E-state index contributed by atoms with van der Waals surface area (Å²) < 4.78 is 16.7. The molecule has 1 unspecified atom stereocenters. The van der Waals surface area contributed by atoms with Crippen LogP contribution in [0.2, 0.25) is 0 Å². The van der Waals surface area contributed by atoms with Gasteiger partial charge in [-0.25, -0.2) is 0 Å². The van der Waals surface area contributed by atoms with Crippen LogP contribution in [0, 0.1) is 0 Å². The van der Waals surface area contributed by atoms with Crippen LogP contribution in [-0.2, 0) is 28.6 Å². The first-order valence-corrected chi connectivity index (χ1v) is 25.8. The summed E-state index contributed by atoms with van der Waals surface area (Å²) in [6.45, 7) is 6.30. The summed E-state index contributed by atoms with van der Waals surface area (Å²) >= 11 is 0. The summed E-state index contributed by atoms with van der Waals surface area (Å²) in [7, 11) is 0. The van der Waals surface area contributed by atoms with E-state index in [0.29, 0.717) is 19.3 Å². The average Bonchev–Trinajstić information content (AvgIpc) is 3.28. The molecule has 0 amide bonds. The van der Waals surface area contributed by atoms with Crippen molar-refractivity contribution in [3.8, 4) is 0 Å². The highest BCUT2D eigenvalue weighted by atomic mass is 16.6. The normalized spacial score (nSPS) is 12.9. The van der Waals surface area contributed by atoms with Gasteiger partial charge in [0.15, 0.2) is 6.10 Å². The van der Waals surface area contributed by atoms with Crippen molar-refractivity contribution in [2.24, 2.45) is 0 Å². The van der Waals surface area contributed by atoms with Gasteiger partial charge >= 0.3 is 17.9 Å². The maximum Gasteiger partial charge on any atom is 0.306 e. The van der Waals surface area contributed by atoms with Crippen molar-refractivity contribution >= 4 is 17.9 Å². The lowest BCUT2D eigenvalue weighted by atomic mass is 10.0. The van der Waals surface area contributed by atoms with Gasteiger partial charge in [-0.05, 0) is 64.2 Å². The summed E-state index contributed by atoms with van der Waals surface area (Å²) in [5.74, 6) is -0.990. The fourth-order valence-electron chi connectivity index (χ4n) is 6.92. The van der Waals surface area contributed by atoms with Gasteiger partial charge in [-0.15, -0.1) is 0 Å². The molecule has 0 radical (unpaired) electrons. The van der Waals surface area contributed by atoms with E-state index in [1.54, 1.807) is 0 Å². The van der Waals surface area contributed by atoms with Gasteiger partial charge < -0.3 is 14.2 Å². The monoisotopic (exact) mass is 875 g/mol. The van der Waals surface area contributed by atoms with Gasteiger partial charge in [-0.3, -0.25) is 14.4 Å². The summed E-state index contributed by atoms with van der Waals surface area (Å²) in [5.41, 5.74) is 0. The van der Waals surface area contributed by atoms with Crippen LogP contribution in [0.25, 0.3) is 0 Å². The van der Waals surface area contributed by atoms with E-state index in [4.69, 9.17) is 14.2 Å². The van der Waals surface area contributed by atoms with E-state index in [1.807, 2.05) is 60.8 Å². The summed E-state index contributed by atoms with van der Waals surface area (Å²) in [6, 6.07) is 0. The third-order valence-electron chi connectivity index (χ3n) is 10.7. The van der Waals surface area contributed by atoms with Gasteiger partial charge in [-0.1, -0.05) is 240 Å². The van der Waals surface area contributed by atoms with Crippen molar-refractivity contribution in [2.75, 3.05) is 13.2 Å². The fraction of sp³-hybridized carbons (Fsp3) is 0.667. The zero-order valence-corrected chi connectivity index (χ0v) is 40.8. The number of ether oxygens (including phenoxy) is 3. The molecule has 0 rings (SSSR count). The van der Waals surface area contributed by atoms with E-state index >= 15 is 0 Å². The molecule has 0 heterocycles. The second kappa shape index (κ2) is 51.0. The zero-order chi connectivity index (χ0) is 45.8. The van der Waals surface area contributed by atoms with E-state index < -0.39 is 6.10 Å². The number of carbonyl (C=O) groups excluding carboxylic acids is 3. The second-order valence-corrected chi connectivity index (χ2v) is 16.8. The SMILES string of the molecule is CC\C=C/C=C\C=C/C=C\C=C\C=C/CCCCCC(=O)OC(COC(=O)CCCC/C=C\C/C=C\CC)COC(=O)CCCCCCCCCCCCCCCCCCCCC. The molecular weight excluding hydrogens is 781 g/mol. The topological polar surface area (TPSA) is 78.9 Å². The molecule has 0 saturated carbocycles. The maximum atomic E-state index is 12.8. The van der Waals surface area contributed by atoms with Crippen LogP contribution in [0.1, 0.15) is 226 Å². The van der Waals surface area contributed by atoms with E-state index in [9.17, 15) is 14.4 Å². The van der Waals surface area contributed by atoms with Crippen molar-refractivity contribution in [1.82, 2.24) is 0 Å². The smallest absolute Gasteiger partial charge is 0.306 e. The van der Waals surface area contributed by atoms with Gasteiger partial charge in [-0.2, -0.15) is 0 Å². The summed E-state index contributed by atoms with van der Waals surface area (Å²) in [5, 5.41) is 0. The molecule has 0 spiro atoms. The molecule has 0 saturated heterocycles. The van der Waals surface area contributed by atoms with Gasteiger partial charge in [0.25, 0.3) is 0 Å². The number of unbranched alkanes of at least 4 members (excludes halogenated alkanes) is 23. The van der Waals surface area contributed by atoms with Crippen LogP contribution in [0.3, 0.4) is 0 Å². The quantitative estimate of drug-likeness (QED) is 0.0199. The highest BCUT2D eigenvalue weighted by molar-refractivity contribution is 5.71. The number of rotatable bonds is 45. The number of allylic oxidation sites excluding steroid dienone is 16. The Kier molecular flexibility index (Phi) is 48.0. The molecule has 0 aliphatic rings. The van der Waals surface area contributed by atoms with Crippen LogP contribution in [-0.4, -0.2) is 37.2 Å². The summed E-state index contributed by atoms with van der Waals surface area (Å²) in [4.78, 5) is 37.9. The molecule has 0 bridgehead atoms. The highest BCUT2D eigenvalue weighted by Crippen LogP contribution is 2.15. The largest absolute Gasteiger partial charge is 0.462 e. The van der Waals surface area contributed by atoms with Crippen molar-refractivity contribution in [3.63, 3.8) is 0 Å². The molecule has 1 atom stereocenters. The van der Waals surface area contributed by atoms with Gasteiger partial charge in [0.1, 0.15) is 13.2 Å². The van der Waals surface area contributed by atoms with Crippen LogP contribution < -0.4 is 0 Å². The molecule has 0 aromatic rings. The lowest BCUT2D eigenvalue weighted by Gasteiger charge is -2.18. The van der Waals surface area contributed by atoms with E-state index in [2.05, 4.69) is 57.2 Å².